The lowest BCUT2D eigenvalue weighted by Crippen LogP contribution is -2.46. The number of benzene rings is 1. The molecule has 0 bridgehead atoms. The highest BCUT2D eigenvalue weighted by molar-refractivity contribution is 7.89. The molecule has 2 rings (SSSR count). The molecule has 132 valence electrons. The summed E-state index contributed by atoms with van der Waals surface area (Å²) in [6.07, 6.45) is 3.10. The maximum absolute atomic E-state index is 13.9. The summed E-state index contributed by atoms with van der Waals surface area (Å²) in [4.78, 5) is -1.06. The number of nitrogens with zero attached hydrogens (tertiary/aromatic N) is 1. The molecule has 8 heteroatoms. The van der Waals surface area contributed by atoms with E-state index in [0.717, 1.165) is 19.3 Å². The molecule has 0 aromatic heterocycles. The van der Waals surface area contributed by atoms with Crippen molar-refractivity contribution in [2.75, 3.05) is 13.2 Å². The molecule has 0 spiro atoms. The number of nitrogens with one attached hydrogen (secondary N) is 1. The van der Waals surface area contributed by atoms with Gasteiger partial charge >= 0.3 is 0 Å². The molecule has 1 fully saturated rings. The van der Waals surface area contributed by atoms with Gasteiger partial charge in [0, 0.05) is 13.2 Å². The topological polar surface area (TPSA) is 90.2 Å². The second kappa shape index (κ2) is 7.13. The average Bonchev–Trinajstić information content (AvgIpc) is 2.45. The highest BCUT2D eigenvalue weighted by Gasteiger charge is 2.42. The van der Waals surface area contributed by atoms with E-state index in [1.165, 1.54) is 0 Å². The second-order valence-corrected chi connectivity index (χ2v) is 8.04. The van der Waals surface area contributed by atoms with Crippen LogP contribution in [0, 0.1) is 34.3 Å². The molecule has 1 aliphatic rings. The Morgan fingerprint density at radius 3 is 2.38 bits per heavy atom. The largest absolute Gasteiger partial charge is 0.396 e. The van der Waals surface area contributed by atoms with Gasteiger partial charge in [-0.2, -0.15) is 5.26 Å². The van der Waals surface area contributed by atoms with E-state index in [2.05, 4.69) is 4.72 Å². The SMILES string of the molecule is CC(CCO)C1(CNS(=O)(=O)c2c(F)cc(C#N)cc2F)CCC1. The van der Waals surface area contributed by atoms with Crippen LogP contribution in [0.2, 0.25) is 0 Å². The van der Waals surface area contributed by atoms with E-state index in [-0.39, 0.29) is 30.0 Å². The van der Waals surface area contributed by atoms with Crippen LogP contribution in [0.4, 0.5) is 8.78 Å². The Kier molecular flexibility index (Phi) is 5.58. The standard InChI is InChI=1S/C16H20F2N2O3S/c1-11(3-6-21)16(4-2-5-16)10-20-24(22,23)15-13(17)7-12(9-19)8-14(15)18/h7-8,11,20-21H,2-6,10H2,1H3. The molecule has 1 atom stereocenters. The lowest BCUT2D eigenvalue weighted by atomic mass is 9.61. The first-order valence-corrected chi connectivity index (χ1v) is 9.24. The van der Waals surface area contributed by atoms with Crippen LogP contribution in [0.25, 0.3) is 0 Å². The van der Waals surface area contributed by atoms with Crippen LogP contribution >= 0.6 is 0 Å². The third kappa shape index (κ3) is 3.58. The first-order chi connectivity index (χ1) is 11.3. The quantitative estimate of drug-likeness (QED) is 0.783. The van der Waals surface area contributed by atoms with Crippen LogP contribution in [0.3, 0.4) is 0 Å². The van der Waals surface area contributed by atoms with Crippen molar-refractivity contribution < 1.29 is 22.3 Å². The number of halogens is 2. The predicted octanol–water partition coefficient (Wildman–Crippen LogP) is 2.30. The first-order valence-electron chi connectivity index (χ1n) is 7.75. The highest BCUT2D eigenvalue weighted by Crippen LogP contribution is 2.48. The smallest absolute Gasteiger partial charge is 0.246 e. The molecule has 0 aliphatic heterocycles. The van der Waals surface area contributed by atoms with Gasteiger partial charge in [0.2, 0.25) is 10.0 Å². The minimum Gasteiger partial charge on any atom is -0.396 e. The fourth-order valence-electron chi connectivity index (χ4n) is 3.17. The van der Waals surface area contributed by atoms with Crippen LogP contribution in [0.1, 0.15) is 38.2 Å². The number of rotatable bonds is 7. The van der Waals surface area contributed by atoms with Gasteiger partial charge in [-0.05, 0) is 42.7 Å². The minimum absolute atomic E-state index is 0.00848. The van der Waals surface area contributed by atoms with E-state index in [4.69, 9.17) is 10.4 Å². The van der Waals surface area contributed by atoms with Crippen molar-refractivity contribution >= 4 is 10.0 Å². The molecule has 1 aliphatic carbocycles. The van der Waals surface area contributed by atoms with Crippen molar-refractivity contribution in [3.05, 3.63) is 29.3 Å². The first kappa shape index (κ1) is 18.8. The van der Waals surface area contributed by atoms with Crippen LogP contribution in [-0.4, -0.2) is 26.7 Å². The molecule has 5 nitrogen and oxygen atoms in total. The van der Waals surface area contributed by atoms with Crippen molar-refractivity contribution in [2.24, 2.45) is 11.3 Å². The van der Waals surface area contributed by atoms with Gasteiger partial charge in [-0.3, -0.25) is 0 Å². The zero-order chi connectivity index (χ0) is 18.0. The Hall–Kier alpha value is -1.56. The molecule has 1 aromatic carbocycles. The molecule has 2 N–H and O–H groups in total. The summed E-state index contributed by atoms with van der Waals surface area (Å²) >= 11 is 0. The molecular formula is C16H20F2N2O3S. The number of hydrogen-bond acceptors (Lipinski definition) is 4. The summed E-state index contributed by atoms with van der Waals surface area (Å²) in [7, 11) is -4.38. The van der Waals surface area contributed by atoms with Gasteiger partial charge in [0.05, 0.1) is 11.6 Å². The number of aliphatic hydroxyl groups excluding tert-OH is 1. The van der Waals surface area contributed by atoms with Crippen molar-refractivity contribution in [1.29, 1.82) is 5.26 Å². The maximum atomic E-state index is 13.9. The van der Waals surface area contributed by atoms with Crippen molar-refractivity contribution in [1.82, 2.24) is 4.72 Å². The Bertz CT molecular complexity index is 732. The Morgan fingerprint density at radius 1 is 1.38 bits per heavy atom. The van der Waals surface area contributed by atoms with E-state index >= 15 is 0 Å². The summed E-state index contributed by atoms with van der Waals surface area (Å²) in [6, 6.07) is 2.97. The number of aliphatic hydroxyl groups is 1. The summed E-state index contributed by atoms with van der Waals surface area (Å²) in [5.74, 6) is -2.48. The van der Waals surface area contributed by atoms with E-state index in [9.17, 15) is 17.2 Å². The van der Waals surface area contributed by atoms with Gasteiger partial charge in [0.1, 0.15) is 11.6 Å². The van der Waals surface area contributed by atoms with Crippen molar-refractivity contribution in [3.8, 4) is 6.07 Å². The average molecular weight is 358 g/mol. The molecule has 1 aromatic rings. The minimum atomic E-state index is -4.38. The van der Waals surface area contributed by atoms with Gasteiger partial charge in [0.15, 0.2) is 4.90 Å². The summed E-state index contributed by atoms with van der Waals surface area (Å²) in [5, 5.41) is 17.8. The lowest BCUT2D eigenvalue weighted by molar-refractivity contribution is 0.0487. The summed E-state index contributed by atoms with van der Waals surface area (Å²) in [6.45, 7) is 2.01. The zero-order valence-corrected chi connectivity index (χ0v) is 14.2. The highest BCUT2D eigenvalue weighted by atomic mass is 32.2. The van der Waals surface area contributed by atoms with Crippen LogP contribution in [0.5, 0.6) is 0 Å². The van der Waals surface area contributed by atoms with Gasteiger partial charge in [-0.25, -0.2) is 21.9 Å². The van der Waals surface area contributed by atoms with E-state index in [1.807, 2.05) is 6.92 Å². The van der Waals surface area contributed by atoms with E-state index in [1.54, 1.807) is 6.07 Å². The Balaban J connectivity index is 2.22. The monoisotopic (exact) mass is 358 g/mol. The molecule has 0 radical (unpaired) electrons. The Morgan fingerprint density at radius 2 is 1.96 bits per heavy atom. The fraction of sp³-hybridized carbons (Fsp3) is 0.562. The molecule has 0 saturated heterocycles. The number of nitriles is 1. The van der Waals surface area contributed by atoms with Crippen molar-refractivity contribution in [2.45, 2.75) is 37.5 Å². The molecule has 1 unspecified atom stereocenters. The third-order valence-electron chi connectivity index (χ3n) is 4.97. The van der Waals surface area contributed by atoms with E-state index < -0.39 is 26.6 Å². The zero-order valence-electron chi connectivity index (χ0n) is 13.3. The van der Waals surface area contributed by atoms with Crippen LogP contribution in [-0.2, 0) is 10.0 Å². The second-order valence-electron chi connectivity index (χ2n) is 6.33. The van der Waals surface area contributed by atoms with Crippen molar-refractivity contribution in [3.63, 3.8) is 0 Å². The summed E-state index contributed by atoms with van der Waals surface area (Å²) < 4.78 is 54.8. The molecule has 1 saturated carbocycles. The molecule has 24 heavy (non-hydrogen) atoms. The number of hydrogen-bond donors (Lipinski definition) is 2. The van der Waals surface area contributed by atoms with Crippen LogP contribution < -0.4 is 4.72 Å². The summed E-state index contributed by atoms with van der Waals surface area (Å²) in [5.41, 5.74) is -0.578. The van der Waals surface area contributed by atoms with Crippen LogP contribution in [0.15, 0.2) is 17.0 Å². The Labute approximate surface area is 140 Å². The van der Waals surface area contributed by atoms with Gasteiger partial charge in [-0.1, -0.05) is 13.3 Å². The number of sulfonamides is 1. The molecule has 0 heterocycles. The molecule has 0 amide bonds. The lowest BCUT2D eigenvalue weighted by Gasteiger charge is -2.46. The fourth-order valence-corrected chi connectivity index (χ4v) is 4.42. The molecular weight excluding hydrogens is 338 g/mol. The normalized spacial score (nSPS) is 17.8. The van der Waals surface area contributed by atoms with Gasteiger partial charge in [-0.15, -0.1) is 0 Å². The predicted molar refractivity (Wildman–Crippen MR) is 83.4 cm³/mol. The van der Waals surface area contributed by atoms with Gasteiger partial charge < -0.3 is 5.11 Å². The van der Waals surface area contributed by atoms with E-state index in [0.29, 0.717) is 18.6 Å². The third-order valence-corrected chi connectivity index (χ3v) is 6.42. The maximum Gasteiger partial charge on any atom is 0.246 e. The van der Waals surface area contributed by atoms with Gasteiger partial charge in [0.25, 0.3) is 0 Å².